The third kappa shape index (κ3) is 3.90. The molecule has 0 spiro atoms. The first-order chi connectivity index (χ1) is 14.1. The van der Waals surface area contributed by atoms with Gasteiger partial charge in [0.1, 0.15) is 0 Å². The minimum absolute atomic E-state index is 0.0941. The van der Waals surface area contributed by atoms with Gasteiger partial charge in [-0.25, -0.2) is 4.79 Å². The van der Waals surface area contributed by atoms with Crippen LogP contribution in [0.25, 0.3) is 0 Å². The van der Waals surface area contributed by atoms with Crippen LogP contribution in [0.4, 0.5) is 10.6 Å². The molecule has 1 aliphatic heterocycles. The topological polar surface area (TPSA) is 61.4 Å². The number of halogens is 1. The number of anilines is 1. The second kappa shape index (κ2) is 7.48. The molecule has 6 nitrogen and oxygen atoms in total. The van der Waals surface area contributed by atoms with Crippen molar-refractivity contribution in [2.75, 3.05) is 18.0 Å². The zero-order valence-corrected chi connectivity index (χ0v) is 17.3. The van der Waals surface area contributed by atoms with Crippen molar-refractivity contribution in [3.63, 3.8) is 0 Å². The number of nitrogens with zero attached hydrogens (tertiary/aromatic N) is 4. The summed E-state index contributed by atoms with van der Waals surface area (Å²) in [5.74, 6) is 1.29. The van der Waals surface area contributed by atoms with E-state index in [1.165, 1.54) is 5.56 Å². The number of aromatic nitrogens is 2. The average Bonchev–Trinajstić information content (AvgIpc) is 3.64. The summed E-state index contributed by atoms with van der Waals surface area (Å²) in [6.07, 6.45) is 5.89. The molecule has 1 aromatic heterocycles. The predicted molar refractivity (Wildman–Crippen MR) is 113 cm³/mol. The van der Waals surface area contributed by atoms with Crippen LogP contribution in [0.15, 0.2) is 36.5 Å². The number of hydrogen-bond donors (Lipinski definition) is 1. The molecule has 2 saturated carbocycles. The van der Waals surface area contributed by atoms with E-state index in [1.54, 1.807) is 6.20 Å². The van der Waals surface area contributed by atoms with Gasteiger partial charge in [-0.15, -0.1) is 5.10 Å². The van der Waals surface area contributed by atoms with Gasteiger partial charge in [0.05, 0.1) is 6.04 Å². The molecule has 2 aromatic rings. The Hall–Kier alpha value is -2.34. The molecule has 0 radical (unpaired) electrons. The van der Waals surface area contributed by atoms with Gasteiger partial charge in [-0.1, -0.05) is 23.7 Å². The van der Waals surface area contributed by atoms with E-state index in [0.717, 1.165) is 55.2 Å². The minimum atomic E-state index is 0.0941. The Morgan fingerprint density at radius 3 is 2.83 bits per heavy atom. The van der Waals surface area contributed by atoms with Crippen LogP contribution in [0.5, 0.6) is 0 Å². The van der Waals surface area contributed by atoms with Crippen LogP contribution in [-0.4, -0.2) is 52.3 Å². The van der Waals surface area contributed by atoms with Crippen molar-refractivity contribution in [1.82, 2.24) is 20.4 Å². The standard InChI is InChI=1S/C22H26ClN5O/c1-14-11-15(4-7-19(14)23)18-12-20(18)25-22(29)28(16-5-6-16)17-8-10-27(13-17)21-3-2-9-24-26-21/h2-4,7,9,11,16-18,20H,5-6,8,10,12-13H2,1H3,(H,25,29)/t17-,18-,20+/m0/s1. The monoisotopic (exact) mass is 411 g/mol. The molecule has 1 N–H and O–H groups in total. The molecular weight excluding hydrogens is 386 g/mol. The van der Waals surface area contributed by atoms with Gasteiger partial charge in [0, 0.05) is 42.3 Å². The molecule has 2 aliphatic carbocycles. The minimum Gasteiger partial charge on any atom is -0.353 e. The second-order valence-corrected chi connectivity index (χ2v) is 8.92. The highest BCUT2D eigenvalue weighted by molar-refractivity contribution is 6.31. The van der Waals surface area contributed by atoms with Crippen molar-refractivity contribution in [2.24, 2.45) is 0 Å². The van der Waals surface area contributed by atoms with E-state index in [9.17, 15) is 4.79 Å². The molecule has 1 saturated heterocycles. The summed E-state index contributed by atoms with van der Waals surface area (Å²) >= 11 is 6.15. The predicted octanol–water partition coefficient (Wildman–Crippen LogP) is 3.75. The molecule has 2 amide bonds. The molecule has 2 heterocycles. The van der Waals surface area contributed by atoms with Gasteiger partial charge in [-0.2, -0.15) is 5.10 Å². The number of aryl methyl sites for hydroxylation is 1. The number of nitrogens with one attached hydrogen (secondary N) is 1. The lowest BCUT2D eigenvalue weighted by molar-refractivity contribution is 0.174. The van der Waals surface area contributed by atoms with Crippen LogP contribution in [0.1, 0.15) is 42.7 Å². The fourth-order valence-electron chi connectivity index (χ4n) is 4.48. The first kappa shape index (κ1) is 18.7. The summed E-state index contributed by atoms with van der Waals surface area (Å²) in [5, 5.41) is 12.3. The Balaban J connectivity index is 1.22. The lowest BCUT2D eigenvalue weighted by Gasteiger charge is -2.29. The fraction of sp³-hybridized carbons (Fsp3) is 0.500. The van der Waals surface area contributed by atoms with E-state index in [0.29, 0.717) is 12.0 Å². The average molecular weight is 412 g/mol. The van der Waals surface area contributed by atoms with Crippen LogP contribution >= 0.6 is 11.6 Å². The van der Waals surface area contributed by atoms with Gasteiger partial charge in [0.15, 0.2) is 5.82 Å². The fourth-order valence-corrected chi connectivity index (χ4v) is 4.59. The molecule has 1 aromatic carbocycles. The Morgan fingerprint density at radius 1 is 1.24 bits per heavy atom. The van der Waals surface area contributed by atoms with E-state index < -0.39 is 0 Å². The molecule has 0 bridgehead atoms. The van der Waals surface area contributed by atoms with Crippen molar-refractivity contribution in [1.29, 1.82) is 0 Å². The van der Waals surface area contributed by atoms with Gasteiger partial charge in [-0.05, 0) is 61.9 Å². The molecular formula is C22H26ClN5O. The summed E-state index contributed by atoms with van der Waals surface area (Å²) in [6, 6.07) is 11.0. The van der Waals surface area contributed by atoms with Crippen molar-refractivity contribution in [2.45, 2.75) is 56.7 Å². The van der Waals surface area contributed by atoms with Crippen LogP contribution in [0, 0.1) is 6.92 Å². The van der Waals surface area contributed by atoms with Gasteiger partial charge in [-0.3, -0.25) is 0 Å². The van der Waals surface area contributed by atoms with Gasteiger partial charge in [0.25, 0.3) is 0 Å². The second-order valence-electron chi connectivity index (χ2n) is 8.52. The van der Waals surface area contributed by atoms with Crippen LogP contribution in [-0.2, 0) is 0 Å². The first-order valence-electron chi connectivity index (χ1n) is 10.5. The Bertz CT molecular complexity index is 903. The molecule has 29 heavy (non-hydrogen) atoms. The molecule has 3 fully saturated rings. The molecule has 152 valence electrons. The van der Waals surface area contributed by atoms with Crippen LogP contribution in [0.3, 0.4) is 0 Å². The highest BCUT2D eigenvalue weighted by Gasteiger charge is 2.45. The normalized spacial score (nSPS) is 25.7. The maximum absolute atomic E-state index is 13.2. The maximum atomic E-state index is 13.2. The Labute approximate surface area is 176 Å². The molecule has 3 aliphatic rings. The van der Waals surface area contributed by atoms with Crippen molar-refractivity contribution >= 4 is 23.4 Å². The van der Waals surface area contributed by atoms with E-state index in [4.69, 9.17) is 11.6 Å². The molecule has 5 rings (SSSR count). The zero-order valence-electron chi connectivity index (χ0n) is 16.6. The summed E-state index contributed by atoms with van der Waals surface area (Å²) in [7, 11) is 0. The number of urea groups is 1. The maximum Gasteiger partial charge on any atom is 0.318 e. The largest absolute Gasteiger partial charge is 0.353 e. The van der Waals surface area contributed by atoms with E-state index >= 15 is 0 Å². The number of amides is 2. The SMILES string of the molecule is Cc1cc([C@@H]2C[C@H]2NC(=O)N(C2CC2)[C@H]2CCN(c3cccnn3)C2)ccc1Cl. The van der Waals surface area contributed by atoms with Crippen molar-refractivity contribution in [3.8, 4) is 0 Å². The van der Waals surface area contributed by atoms with Gasteiger partial charge < -0.3 is 15.1 Å². The lowest BCUT2D eigenvalue weighted by atomic mass is 10.1. The highest BCUT2D eigenvalue weighted by atomic mass is 35.5. The number of rotatable bonds is 5. The van der Waals surface area contributed by atoms with Crippen LogP contribution in [0.2, 0.25) is 5.02 Å². The molecule has 0 unspecified atom stereocenters. The Morgan fingerprint density at radius 2 is 2.10 bits per heavy atom. The Kier molecular flexibility index (Phi) is 4.82. The summed E-state index contributed by atoms with van der Waals surface area (Å²) in [5.41, 5.74) is 2.36. The first-order valence-corrected chi connectivity index (χ1v) is 10.9. The van der Waals surface area contributed by atoms with Crippen molar-refractivity contribution in [3.05, 3.63) is 52.7 Å². The number of carbonyl (C=O) groups is 1. The third-order valence-electron chi connectivity index (χ3n) is 6.32. The summed E-state index contributed by atoms with van der Waals surface area (Å²) in [4.78, 5) is 17.5. The zero-order chi connectivity index (χ0) is 20.0. The number of benzene rings is 1. The third-order valence-corrected chi connectivity index (χ3v) is 6.75. The highest BCUT2D eigenvalue weighted by Crippen LogP contribution is 2.42. The summed E-state index contributed by atoms with van der Waals surface area (Å²) in [6.45, 7) is 3.77. The van der Waals surface area contributed by atoms with E-state index in [2.05, 4.69) is 37.4 Å². The lowest BCUT2D eigenvalue weighted by Crippen LogP contribution is -2.49. The quantitative estimate of drug-likeness (QED) is 0.814. The van der Waals surface area contributed by atoms with E-state index in [-0.39, 0.29) is 18.1 Å². The van der Waals surface area contributed by atoms with E-state index in [1.807, 2.05) is 25.1 Å². The van der Waals surface area contributed by atoms with Crippen molar-refractivity contribution < 1.29 is 4.79 Å². The smallest absolute Gasteiger partial charge is 0.318 e. The molecule has 3 atom stereocenters. The summed E-state index contributed by atoms with van der Waals surface area (Å²) < 4.78 is 0. The number of carbonyl (C=O) groups excluding carboxylic acids is 1. The number of hydrogen-bond acceptors (Lipinski definition) is 4. The molecule has 7 heteroatoms. The van der Waals surface area contributed by atoms with Gasteiger partial charge >= 0.3 is 6.03 Å². The van der Waals surface area contributed by atoms with Gasteiger partial charge in [0.2, 0.25) is 0 Å². The van der Waals surface area contributed by atoms with Crippen LogP contribution < -0.4 is 10.2 Å².